The van der Waals surface area contributed by atoms with Crippen molar-refractivity contribution in [3.8, 4) is 12.3 Å². The van der Waals surface area contributed by atoms with Gasteiger partial charge in [-0.1, -0.05) is 18.9 Å². The molecule has 0 aliphatic heterocycles. The number of hydrogen-bond donors (Lipinski definition) is 3. The number of carbonyl (C=O) groups excluding carboxylic acids is 1. The number of hydrogen-bond acceptors (Lipinski definition) is 5. The summed E-state index contributed by atoms with van der Waals surface area (Å²) in [5, 5.41) is 2.63. The molecule has 3 N–H and O–H groups in total. The SMILES string of the molecule is C#CCNS(=O)(=O)c1cccc(C(=O)Nc2ccc(NS(=O)(=O)CCC)cc2)c1. The van der Waals surface area contributed by atoms with Crippen LogP contribution in [0, 0.1) is 12.3 Å². The molecule has 0 aromatic heterocycles. The van der Waals surface area contributed by atoms with Gasteiger partial charge in [-0.05, 0) is 48.9 Å². The minimum Gasteiger partial charge on any atom is -0.322 e. The minimum absolute atomic E-state index is 0.0148. The number of carbonyl (C=O) groups is 1. The van der Waals surface area contributed by atoms with Crippen LogP contribution in [0.25, 0.3) is 0 Å². The predicted octanol–water partition coefficient (Wildman–Crippen LogP) is 2.00. The number of rotatable bonds is 9. The summed E-state index contributed by atoms with van der Waals surface area (Å²) in [4.78, 5) is 12.4. The molecule has 2 aromatic carbocycles. The van der Waals surface area contributed by atoms with E-state index in [1.54, 1.807) is 6.92 Å². The Bertz CT molecular complexity index is 1120. The minimum atomic E-state index is -3.82. The highest BCUT2D eigenvalue weighted by Crippen LogP contribution is 2.17. The lowest BCUT2D eigenvalue weighted by molar-refractivity contribution is 0.102. The lowest BCUT2D eigenvalue weighted by Crippen LogP contribution is -2.24. The van der Waals surface area contributed by atoms with Gasteiger partial charge in [0.25, 0.3) is 5.91 Å². The Balaban J connectivity index is 2.11. The summed E-state index contributed by atoms with van der Waals surface area (Å²) in [6.07, 6.45) is 5.55. The van der Waals surface area contributed by atoms with E-state index in [4.69, 9.17) is 6.42 Å². The molecule has 29 heavy (non-hydrogen) atoms. The maximum Gasteiger partial charge on any atom is 0.255 e. The maximum absolute atomic E-state index is 12.4. The Kier molecular flexibility index (Phi) is 7.39. The van der Waals surface area contributed by atoms with Crippen LogP contribution in [0.15, 0.2) is 53.4 Å². The first-order valence-electron chi connectivity index (χ1n) is 8.62. The van der Waals surface area contributed by atoms with E-state index in [1.165, 1.54) is 48.5 Å². The van der Waals surface area contributed by atoms with E-state index >= 15 is 0 Å². The smallest absolute Gasteiger partial charge is 0.255 e. The number of sulfonamides is 2. The lowest BCUT2D eigenvalue weighted by atomic mass is 10.2. The summed E-state index contributed by atoms with van der Waals surface area (Å²) >= 11 is 0. The quantitative estimate of drug-likeness (QED) is 0.520. The van der Waals surface area contributed by atoms with Crippen LogP contribution in [-0.4, -0.2) is 35.0 Å². The largest absolute Gasteiger partial charge is 0.322 e. The first kappa shape index (κ1) is 22.4. The van der Waals surface area contributed by atoms with Crippen LogP contribution in [0.1, 0.15) is 23.7 Å². The molecule has 0 aliphatic rings. The topological polar surface area (TPSA) is 121 Å². The van der Waals surface area contributed by atoms with Gasteiger partial charge in [0.15, 0.2) is 0 Å². The van der Waals surface area contributed by atoms with Crippen molar-refractivity contribution in [3.05, 3.63) is 54.1 Å². The first-order valence-corrected chi connectivity index (χ1v) is 11.8. The molecule has 1 amide bonds. The van der Waals surface area contributed by atoms with Gasteiger partial charge in [0.2, 0.25) is 20.0 Å². The average molecular weight is 436 g/mol. The molecule has 10 heteroatoms. The second-order valence-corrected chi connectivity index (χ2v) is 9.62. The van der Waals surface area contributed by atoms with Crippen molar-refractivity contribution >= 4 is 37.3 Å². The van der Waals surface area contributed by atoms with E-state index in [1.807, 2.05) is 0 Å². The number of terminal acetylenes is 1. The Morgan fingerprint density at radius 2 is 1.69 bits per heavy atom. The monoisotopic (exact) mass is 435 g/mol. The van der Waals surface area contributed by atoms with Gasteiger partial charge >= 0.3 is 0 Å². The van der Waals surface area contributed by atoms with Crippen LogP contribution in [0.2, 0.25) is 0 Å². The third-order valence-corrected chi connectivity index (χ3v) is 6.55. The van der Waals surface area contributed by atoms with Crippen molar-refractivity contribution in [1.29, 1.82) is 0 Å². The van der Waals surface area contributed by atoms with Crippen LogP contribution < -0.4 is 14.8 Å². The lowest BCUT2D eigenvalue weighted by Gasteiger charge is -2.10. The molecule has 0 spiro atoms. The Hall–Kier alpha value is -2.87. The normalized spacial score (nSPS) is 11.4. The summed E-state index contributed by atoms with van der Waals surface area (Å²) in [7, 11) is -7.22. The molecule has 0 bridgehead atoms. The predicted molar refractivity (Wildman–Crippen MR) is 113 cm³/mol. The number of amides is 1. The van der Waals surface area contributed by atoms with E-state index in [0.717, 1.165) is 0 Å². The summed E-state index contributed by atoms with van der Waals surface area (Å²) < 4.78 is 52.5. The van der Waals surface area contributed by atoms with Gasteiger partial charge in [-0.15, -0.1) is 6.42 Å². The van der Waals surface area contributed by atoms with Crippen molar-refractivity contribution < 1.29 is 21.6 Å². The molecule has 0 saturated carbocycles. The second kappa shape index (κ2) is 9.56. The zero-order chi connectivity index (χ0) is 21.5. The molecule has 0 unspecified atom stereocenters. The summed E-state index contributed by atoms with van der Waals surface area (Å²) in [5.41, 5.74) is 0.942. The molecule has 0 fully saturated rings. The van der Waals surface area contributed by atoms with Gasteiger partial charge in [0.1, 0.15) is 0 Å². The molecule has 0 atom stereocenters. The fourth-order valence-electron chi connectivity index (χ4n) is 2.35. The number of benzene rings is 2. The average Bonchev–Trinajstić information content (AvgIpc) is 2.67. The van der Waals surface area contributed by atoms with Crippen molar-refractivity contribution in [2.24, 2.45) is 0 Å². The molecule has 0 heterocycles. The van der Waals surface area contributed by atoms with Crippen LogP contribution in [-0.2, 0) is 20.0 Å². The molecular weight excluding hydrogens is 414 g/mol. The highest BCUT2D eigenvalue weighted by Gasteiger charge is 2.16. The zero-order valence-electron chi connectivity index (χ0n) is 15.7. The first-order chi connectivity index (χ1) is 13.7. The highest BCUT2D eigenvalue weighted by atomic mass is 32.2. The molecule has 0 aliphatic carbocycles. The van der Waals surface area contributed by atoms with E-state index in [-0.39, 0.29) is 22.8 Å². The van der Waals surface area contributed by atoms with Gasteiger partial charge in [0, 0.05) is 16.9 Å². The highest BCUT2D eigenvalue weighted by molar-refractivity contribution is 7.92. The van der Waals surface area contributed by atoms with E-state index in [2.05, 4.69) is 20.7 Å². The van der Waals surface area contributed by atoms with E-state index < -0.39 is 26.0 Å². The molecule has 0 saturated heterocycles. The molecule has 8 nitrogen and oxygen atoms in total. The Labute approximate surface area is 170 Å². The van der Waals surface area contributed by atoms with Gasteiger partial charge in [0.05, 0.1) is 17.2 Å². The fourth-order valence-corrected chi connectivity index (χ4v) is 4.46. The Morgan fingerprint density at radius 1 is 1.03 bits per heavy atom. The van der Waals surface area contributed by atoms with Crippen LogP contribution in [0.5, 0.6) is 0 Å². The maximum atomic E-state index is 12.4. The van der Waals surface area contributed by atoms with Crippen LogP contribution in [0.3, 0.4) is 0 Å². The number of anilines is 2. The molecular formula is C19H21N3O5S2. The number of nitrogens with one attached hydrogen (secondary N) is 3. The van der Waals surface area contributed by atoms with Crippen molar-refractivity contribution in [2.45, 2.75) is 18.2 Å². The van der Waals surface area contributed by atoms with Gasteiger partial charge < -0.3 is 5.32 Å². The molecule has 0 radical (unpaired) electrons. The fraction of sp³-hybridized carbons (Fsp3) is 0.211. The van der Waals surface area contributed by atoms with Crippen molar-refractivity contribution in [1.82, 2.24) is 4.72 Å². The standard InChI is InChI=1S/C19H21N3O5S2/c1-3-12-20-29(26,27)18-7-5-6-15(14-18)19(23)21-16-8-10-17(11-9-16)22-28(24,25)13-4-2/h1,5-11,14,20,22H,4,12-13H2,2H3,(H,21,23). The van der Waals surface area contributed by atoms with E-state index in [0.29, 0.717) is 17.8 Å². The molecule has 2 aromatic rings. The molecule has 2 rings (SSSR count). The van der Waals surface area contributed by atoms with Crippen LogP contribution in [0.4, 0.5) is 11.4 Å². The zero-order valence-corrected chi connectivity index (χ0v) is 17.3. The summed E-state index contributed by atoms with van der Waals surface area (Å²) in [5.74, 6) is 1.68. The third kappa shape index (κ3) is 6.60. The Morgan fingerprint density at radius 3 is 2.31 bits per heavy atom. The van der Waals surface area contributed by atoms with Gasteiger partial charge in [-0.3, -0.25) is 9.52 Å². The second-order valence-electron chi connectivity index (χ2n) is 6.01. The molecule has 154 valence electrons. The van der Waals surface area contributed by atoms with Gasteiger partial charge in [-0.2, -0.15) is 4.72 Å². The van der Waals surface area contributed by atoms with Crippen LogP contribution >= 0.6 is 0 Å². The van der Waals surface area contributed by atoms with Crippen molar-refractivity contribution in [2.75, 3.05) is 22.3 Å². The summed E-state index contributed by atoms with van der Waals surface area (Å²) in [6.45, 7) is 1.61. The van der Waals surface area contributed by atoms with Gasteiger partial charge in [-0.25, -0.2) is 16.8 Å². The van der Waals surface area contributed by atoms with Crippen molar-refractivity contribution in [3.63, 3.8) is 0 Å². The third-order valence-electron chi connectivity index (χ3n) is 3.66. The van der Waals surface area contributed by atoms with E-state index in [9.17, 15) is 21.6 Å². The summed E-state index contributed by atoms with van der Waals surface area (Å²) in [6, 6.07) is 11.6.